The smallest absolute Gasteiger partial charge is 0.481 e. The van der Waals surface area contributed by atoms with Gasteiger partial charge in [0.1, 0.15) is 0 Å². The summed E-state index contributed by atoms with van der Waals surface area (Å²) in [5.74, 6) is -0.655. The molecular formula is C16H36CoO6Si. The van der Waals surface area contributed by atoms with Crippen LogP contribution in [0.4, 0.5) is 0 Å². The van der Waals surface area contributed by atoms with Crippen molar-refractivity contribution in [2.24, 2.45) is 0 Å². The Hall–Kier alpha value is 0.0334. The Balaban J connectivity index is -0.000000639. The Labute approximate surface area is 158 Å². The van der Waals surface area contributed by atoms with Crippen molar-refractivity contribution in [3.8, 4) is 0 Å². The molecule has 0 aliphatic carbocycles. The summed E-state index contributed by atoms with van der Waals surface area (Å²) in [4.78, 5) is 39.6. The van der Waals surface area contributed by atoms with Crippen molar-refractivity contribution in [3.63, 3.8) is 0 Å². The SMILES string of the molecule is CCCCCCCCCCCCCCCC(=O)O.O[Si](O)(O)O.[Co]. The molecule has 0 aliphatic rings. The zero-order valence-corrected chi connectivity index (χ0v) is 16.9. The summed E-state index contributed by atoms with van der Waals surface area (Å²) >= 11 is 0. The molecule has 0 saturated carbocycles. The average molecular weight is 411 g/mol. The van der Waals surface area contributed by atoms with Crippen LogP contribution in [0.5, 0.6) is 0 Å². The maximum Gasteiger partial charge on any atom is 0.668 e. The van der Waals surface area contributed by atoms with E-state index >= 15 is 0 Å². The molecule has 0 saturated heterocycles. The number of aliphatic carboxylic acids is 1. The fraction of sp³-hybridized carbons (Fsp3) is 0.938. The van der Waals surface area contributed by atoms with Crippen molar-refractivity contribution in [1.82, 2.24) is 0 Å². The maximum absolute atomic E-state index is 10.3. The molecule has 5 N–H and O–H groups in total. The van der Waals surface area contributed by atoms with Crippen LogP contribution in [0.3, 0.4) is 0 Å². The van der Waals surface area contributed by atoms with E-state index in [2.05, 4.69) is 6.92 Å². The van der Waals surface area contributed by atoms with E-state index in [1.54, 1.807) is 0 Å². The summed E-state index contributed by atoms with van der Waals surface area (Å²) in [6.45, 7) is 2.26. The van der Waals surface area contributed by atoms with E-state index < -0.39 is 15.0 Å². The van der Waals surface area contributed by atoms with Crippen LogP contribution < -0.4 is 0 Å². The van der Waals surface area contributed by atoms with E-state index in [4.69, 9.17) is 24.3 Å². The molecule has 0 rings (SSSR count). The summed E-state index contributed by atoms with van der Waals surface area (Å²) in [6.07, 6.45) is 17.3. The summed E-state index contributed by atoms with van der Waals surface area (Å²) in [5, 5.41) is 8.49. The summed E-state index contributed by atoms with van der Waals surface area (Å²) in [5.41, 5.74) is 0. The molecule has 0 spiro atoms. The zero-order chi connectivity index (χ0) is 18.0. The Bertz CT molecular complexity index is 255. The minimum absolute atomic E-state index is 0. The molecule has 0 aromatic rings. The third-order valence-electron chi connectivity index (χ3n) is 3.49. The maximum atomic E-state index is 10.3. The molecule has 0 unspecified atom stereocenters. The average Bonchev–Trinajstić information content (AvgIpc) is 2.42. The number of unbranched alkanes of at least 4 members (excludes halogenated alkanes) is 12. The Morgan fingerprint density at radius 3 is 1.17 bits per heavy atom. The molecule has 0 heterocycles. The van der Waals surface area contributed by atoms with Gasteiger partial charge in [-0.15, -0.1) is 0 Å². The summed E-state index contributed by atoms with van der Waals surface area (Å²) in [6, 6.07) is 0. The molecule has 0 bridgehead atoms. The summed E-state index contributed by atoms with van der Waals surface area (Å²) in [7, 11) is -4.61. The van der Waals surface area contributed by atoms with E-state index in [1.165, 1.54) is 70.6 Å². The first kappa shape index (κ1) is 28.8. The topological polar surface area (TPSA) is 118 Å². The second-order valence-electron chi connectivity index (χ2n) is 5.99. The predicted octanol–water partition coefficient (Wildman–Crippen LogP) is 2.94. The molecule has 0 aromatic heterocycles. The van der Waals surface area contributed by atoms with Crippen molar-refractivity contribution < 1.29 is 45.9 Å². The van der Waals surface area contributed by atoms with Gasteiger partial charge in [0.15, 0.2) is 0 Å². The van der Waals surface area contributed by atoms with Crippen molar-refractivity contribution in [3.05, 3.63) is 0 Å². The second-order valence-corrected chi connectivity index (χ2v) is 7.19. The standard InChI is InChI=1S/C16H32O2.Co.H4O4Si/c1-2-3-4-5-6-7-8-9-10-11-12-13-14-15-16(17)18;;1-5(2,3)4/h2-15H2,1H3,(H,17,18);;1-4H. The monoisotopic (exact) mass is 411 g/mol. The van der Waals surface area contributed by atoms with Gasteiger partial charge in [-0.05, 0) is 6.42 Å². The minimum atomic E-state index is -4.61. The summed E-state index contributed by atoms with van der Waals surface area (Å²) < 4.78 is 0. The van der Waals surface area contributed by atoms with Gasteiger partial charge >= 0.3 is 15.0 Å². The van der Waals surface area contributed by atoms with Crippen LogP contribution in [0, 0.1) is 0 Å². The zero-order valence-electron chi connectivity index (χ0n) is 14.9. The minimum Gasteiger partial charge on any atom is -0.481 e. The molecule has 0 amide bonds. The van der Waals surface area contributed by atoms with Crippen LogP contribution >= 0.6 is 0 Å². The Morgan fingerprint density at radius 1 is 0.667 bits per heavy atom. The third-order valence-corrected chi connectivity index (χ3v) is 3.49. The normalized spacial score (nSPS) is 10.5. The molecule has 0 atom stereocenters. The van der Waals surface area contributed by atoms with Gasteiger partial charge in [-0.1, -0.05) is 84.0 Å². The molecule has 0 fully saturated rings. The Morgan fingerprint density at radius 2 is 0.917 bits per heavy atom. The van der Waals surface area contributed by atoms with Gasteiger partial charge in [-0.2, -0.15) is 0 Å². The van der Waals surface area contributed by atoms with Gasteiger partial charge in [-0.3, -0.25) is 4.79 Å². The van der Waals surface area contributed by atoms with E-state index in [0.29, 0.717) is 6.42 Å². The fourth-order valence-corrected chi connectivity index (χ4v) is 2.29. The Kier molecular flexibility index (Phi) is 25.3. The molecule has 6 nitrogen and oxygen atoms in total. The first-order chi connectivity index (χ1) is 10.8. The quantitative estimate of drug-likeness (QED) is 0.222. The molecule has 149 valence electrons. The van der Waals surface area contributed by atoms with Crippen molar-refractivity contribution >= 4 is 15.0 Å². The van der Waals surface area contributed by atoms with Gasteiger partial charge in [-0.25, -0.2) is 0 Å². The van der Waals surface area contributed by atoms with Crippen LogP contribution in [0.15, 0.2) is 0 Å². The van der Waals surface area contributed by atoms with Crippen molar-refractivity contribution in [1.29, 1.82) is 0 Å². The van der Waals surface area contributed by atoms with Gasteiger partial charge in [0.05, 0.1) is 0 Å². The number of carboxylic acids is 1. The second kappa shape index (κ2) is 21.1. The number of carboxylic acid groups (broad SMARTS) is 1. The van der Waals surface area contributed by atoms with Crippen LogP contribution in [0.2, 0.25) is 0 Å². The van der Waals surface area contributed by atoms with E-state index in [1.807, 2.05) is 0 Å². The number of hydrogen-bond donors (Lipinski definition) is 5. The number of rotatable bonds is 14. The largest absolute Gasteiger partial charge is 0.668 e. The van der Waals surface area contributed by atoms with Gasteiger partial charge < -0.3 is 24.3 Å². The number of carbonyl (C=O) groups is 1. The molecule has 1 radical (unpaired) electrons. The van der Waals surface area contributed by atoms with E-state index in [-0.39, 0.29) is 16.8 Å². The van der Waals surface area contributed by atoms with Crippen LogP contribution in [-0.2, 0) is 21.6 Å². The van der Waals surface area contributed by atoms with Gasteiger partial charge in [0, 0.05) is 23.2 Å². The molecule has 0 aromatic carbocycles. The fourth-order valence-electron chi connectivity index (χ4n) is 2.29. The van der Waals surface area contributed by atoms with E-state index in [0.717, 1.165) is 12.8 Å². The van der Waals surface area contributed by atoms with Crippen LogP contribution in [0.1, 0.15) is 96.8 Å². The van der Waals surface area contributed by atoms with Crippen molar-refractivity contribution in [2.45, 2.75) is 96.8 Å². The van der Waals surface area contributed by atoms with Crippen LogP contribution in [0.25, 0.3) is 0 Å². The molecule has 8 heteroatoms. The van der Waals surface area contributed by atoms with Gasteiger partial charge in [0.2, 0.25) is 0 Å². The third kappa shape index (κ3) is 43.1. The first-order valence-corrected chi connectivity index (χ1v) is 10.7. The molecule has 24 heavy (non-hydrogen) atoms. The van der Waals surface area contributed by atoms with E-state index in [9.17, 15) is 4.79 Å². The molecular weight excluding hydrogens is 375 g/mol. The predicted molar refractivity (Wildman–Crippen MR) is 92.6 cm³/mol. The van der Waals surface area contributed by atoms with Crippen molar-refractivity contribution in [2.75, 3.05) is 0 Å². The first-order valence-electron chi connectivity index (χ1n) is 8.88. The number of hydrogen-bond acceptors (Lipinski definition) is 5. The molecule has 0 aliphatic heterocycles. The van der Waals surface area contributed by atoms with Crippen LogP contribution in [-0.4, -0.2) is 39.3 Å². The van der Waals surface area contributed by atoms with Gasteiger partial charge in [0.25, 0.3) is 0 Å².